The Morgan fingerprint density at radius 1 is 1.33 bits per heavy atom. The standard InChI is InChI=1S/C17H19N3O4/c1-3-4-14(16(22)9-10-21)17-15(11-18-19-17)12-5-7-13(8-6-12)20(23)24-2/h4-9,11,21H,3,10H2,1-2H3,(H-,18,19,22,23)/p+1/b14-4+,16-9+. The molecule has 0 saturated carbocycles. The molecule has 1 aromatic heterocycles. The number of benzene rings is 1. The Morgan fingerprint density at radius 2 is 2.04 bits per heavy atom. The highest BCUT2D eigenvalue weighted by atomic mass is 16.8. The van der Waals surface area contributed by atoms with E-state index in [-0.39, 0.29) is 12.4 Å². The second-order valence-corrected chi connectivity index (χ2v) is 4.94. The minimum atomic E-state index is -0.262. The maximum atomic E-state index is 11.4. The summed E-state index contributed by atoms with van der Waals surface area (Å²) in [6, 6.07) is 6.80. The summed E-state index contributed by atoms with van der Waals surface area (Å²) in [7, 11) is 1.30. The van der Waals surface area contributed by atoms with E-state index in [0.29, 0.717) is 28.3 Å². The second-order valence-electron chi connectivity index (χ2n) is 4.94. The number of aromatic nitrogens is 2. The van der Waals surface area contributed by atoms with Crippen LogP contribution in [0.5, 0.6) is 0 Å². The van der Waals surface area contributed by atoms with Gasteiger partial charge < -0.3 is 10.2 Å². The summed E-state index contributed by atoms with van der Waals surface area (Å²) in [5.41, 5.74) is 3.17. The molecule has 2 rings (SSSR count). The molecule has 0 atom stereocenters. The molecule has 0 aliphatic rings. The van der Waals surface area contributed by atoms with Crippen LogP contribution >= 0.6 is 0 Å². The number of aliphatic hydroxyl groups excluding tert-OH is 2. The highest BCUT2D eigenvalue weighted by Gasteiger charge is 2.17. The summed E-state index contributed by atoms with van der Waals surface area (Å²) in [5, 5.41) is 26.1. The van der Waals surface area contributed by atoms with E-state index in [0.717, 1.165) is 11.1 Å². The van der Waals surface area contributed by atoms with E-state index in [1.165, 1.54) is 13.2 Å². The molecule has 0 bridgehead atoms. The third kappa shape index (κ3) is 3.69. The Labute approximate surface area is 139 Å². The maximum Gasteiger partial charge on any atom is 0.316 e. The zero-order valence-corrected chi connectivity index (χ0v) is 13.6. The molecule has 0 spiro atoms. The third-order valence-corrected chi connectivity index (χ3v) is 3.43. The number of nitrogens with zero attached hydrogens (tertiary/aromatic N) is 2. The average molecular weight is 330 g/mol. The van der Waals surface area contributed by atoms with Gasteiger partial charge in [-0.05, 0) is 30.2 Å². The van der Waals surface area contributed by atoms with Gasteiger partial charge in [-0.2, -0.15) is 5.10 Å². The van der Waals surface area contributed by atoms with E-state index < -0.39 is 0 Å². The van der Waals surface area contributed by atoms with Crippen molar-refractivity contribution >= 4 is 11.3 Å². The van der Waals surface area contributed by atoms with Gasteiger partial charge in [0.2, 0.25) is 0 Å². The molecule has 7 heteroatoms. The Balaban J connectivity index is 2.44. The third-order valence-electron chi connectivity index (χ3n) is 3.43. The quantitative estimate of drug-likeness (QED) is 0.411. The molecule has 1 heterocycles. The molecule has 0 amide bonds. The number of hydrogen-bond acceptors (Lipinski definition) is 5. The molecule has 0 saturated heterocycles. The number of H-pyrrole nitrogens is 1. The number of hydrogen-bond donors (Lipinski definition) is 3. The van der Waals surface area contributed by atoms with Crippen molar-refractivity contribution in [1.82, 2.24) is 10.2 Å². The maximum absolute atomic E-state index is 11.4. The fraction of sp³-hybridized carbons (Fsp3) is 0.235. The molecule has 1 aromatic carbocycles. The molecule has 0 radical (unpaired) electrons. The number of aliphatic hydroxyl groups is 2. The van der Waals surface area contributed by atoms with E-state index in [2.05, 4.69) is 15.0 Å². The van der Waals surface area contributed by atoms with Gasteiger partial charge in [-0.3, -0.25) is 5.10 Å². The Bertz CT molecular complexity index is 760. The number of rotatable bonds is 7. The van der Waals surface area contributed by atoms with Crippen LogP contribution in [0.4, 0.5) is 5.69 Å². The highest BCUT2D eigenvalue weighted by molar-refractivity contribution is 5.84. The van der Waals surface area contributed by atoms with Gasteiger partial charge in [0, 0.05) is 23.3 Å². The van der Waals surface area contributed by atoms with Gasteiger partial charge in [0.25, 0.3) is 4.92 Å². The Hall–Kier alpha value is -2.93. The van der Waals surface area contributed by atoms with E-state index in [9.17, 15) is 10.0 Å². The number of nitrogens with one attached hydrogen (secondary N) is 1. The highest BCUT2D eigenvalue weighted by Crippen LogP contribution is 2.31. The first kappa shape index (κ1) is 17.4. The molecule has 2 aromatic rings. The first-order valence-electron chi connectivity index (χ1n) is 7.48. The normalized spacial score (nSPS) is 12.3. The molecular weight excluding hydrogens is 310 g/mol. The predicted octanol–water partition coefficient (Wildman–Crippen LogP) is 3.28. The van der Waals surface area contributed by atoms with Crippen molar-refractivity contribution in [3.05, 3.63) is 59.0 Å². The zero-order chi connectivity index (χ0) is 17.5. The topological polar surface area (TPSA) is 98.5 Å². The molecule has 3 N–H and O–H groups in total. The van der Waals surface area contributed by atoms with Crippen LogP contribution in [-0.2, 0) is 4.84 Å². The van der Waals surface area contributed by atoms with Crippen LogP contribution in [-0.4, -0.2) is 39.1 Å². The van der Waals surface area contributed by atoms with Crippen LogP contribution < -0.4 is 0 Å². The van der Waals surface area contributed by atoms with E-state index in [1.807, 2.05) is 13.0 Å². The Morgan fingerprint density at radius 3 is 2.62 bits per heavy atom. The Kier molecular flexibility index (Phi) is 5.86. The minimum absolute atomic E-state index is 0.0217. The molecule has 0 aliphatic carbocycles. The molecule has 0 fully saturated rings. The largest absolute Gasteiger partial charge is 0.508 e. The van der Waals surface area contributed by atoms with Crippen LogP contribution in [0.1, 0.15) is 19.0 Å². The van der Waals surface area contributed by atoms with Crippen LogP contribution in [0, 0.1) is 4.91 Å². The monoisotopic (exact) mass is 330 g/mol. The van der Waals surface area contributed by atoms with Crippen molar-refractivity contribution in [2.24, 2.45) is 0 Å². The van der Waals surface area contributed by atoms with Crippen molar-refractivity contribution < 1.29 is 20.0 Å². The minimum Gasteiger partial charge on any atom is -0.508 e. The lowest BCUT2D eigenvalue weighted by Gasteiger charge is -2.08. The summed E-state index contributed by atoms with van der Waals surface area (Å²) < 4.78 is 0. The van der Waals surface area contributed by atoms with E-state index >= 15 is 0 Å². The van der Waals surface area contributed by atoms with Gasteiger partial charge in [0.15, 0.2) is 7.11 Å². The molecule has 24 heavy (non-hydrogen) atoms. The summed E-state index contributed by atoms with van der Waals surface area (Å²) >= 11 is 0. The fourth-order valence-electron chi connectivity index (χ4n) is 2.31. The fourth-order valence-corrected chi connectivity index (χ4v) is 2.31. The lowest BCUT2D eigenvalue weighted by molar-refractivity contribution is -0.736. The summed E-state index contributed by atoms with van der Waals surface area (Å²) in [6.45, 7) is 1.69. The molecule has 0 aliphatic heterocycles. The number of aromatic amines is 1. The van der Waals surface area contributed by atoms with Gasteiger partial charge in [-0.25, -0.2) is 4.84 Å². The van der Waals surface area contributed by atoms with Gasteiger partial charge in [-0.15, -0.1) is 0 Å². The van der Waals surface area contributed by atoms with Crippen LogP contribution in [0.2, 0.25) is 0 Å². The molecular formula is C17H20N3O4+. The van der Waals surface area contributed by atoms with Gasteiger partial charge >= 0.3 is 5.69 Å². The summed E-state index contributed by atoms with van der Waals surface area (Å²) in [4.78, 5) is 16.5. The van der Waals surface area contributed by atoms with Crippen molar-refractivity contribution in [2.75, 3.05) is 13.7 Å². The van der Waals surface area contributed by atoms with Gasteiger partial charge in [0.1, 0.15) is 5.76 Å². The zero-order valence-electron chi connectivity index (χ0n) is 13.6. The van der Waals surface area contributed by atoms with Crippen LogP contribution in [0.15, 0.2) is 48.4 Å². The summed E-state index contributed by atoms with van der Waals surface area (Å²) in [5.74, 6) is -0.0217. The number of allylic oxidation sites excluding steroid dienone is 2. The lowest BCUT2D eigenvalue weighted by Crippen LogP contribution is -1.97. The van der Waals surface area contributed by atoms with Crippen molar-refractivity contribution in [3.63, 3.8) is 0 Å². The van der Waals surface area contributed by atoms with Crippen molar-refractivity contribution in [1.29, 1.82) is 0 Å². The van der Waals surface area contributed by atoms with Crippen molar-refractivity contribution in [3.8, 4) is 11.1 Å². The first-order chi connectivity index (χ1) is 11.6. The molecule has 0 unspecified atom stereocenters. The summed E-state index contributed by atoms with van der Waals surface area (Å²) in [6.07, 6.45) is 5.51. The smallest absolute Gasteiger partial charge is 0.316 e. The van der Waals surface area contributed by atoms with Crippen LogP contribution in [0.25, 0.3) is 16.7 Å². The van der Waals surface area contributed by atoms with Crippen molar-refractivity contribution in [2.45, 2.75) is 13.3 Å². The SMILES string of the molecule is CC/C=C(\C(O)=C/CO)c1[nH]ncc1-c1ccc([N+](=O)OC)cc1. The van der Waals surface area contributed by atoms with E-state index in [4.69, 9.17) is 5.11 Å². The van der Waals surface area contributed by atoms with Gasteiger partial charge in [0.05, 0.1) is 23.4 Å². The second kappa shape index (κ2) is 8.07. The first-order valence-corrected chi connectivity index (χ1v) is 7.48. The molecule has 7 nitrogen and oxygen atoms in total. The predicted molar refractivity (Wildman–Crippen MR) is 90.4 cm³/mol. The van der Waals surface area contributed by atoms with Crippen LogP contribution in [0.3, 0.4) is 0 Å². The molecule has 126 valence electrons. The lowest BCUT2D eigenvalue weighted by atomic mass is 9.99. The average Bonchev–Trinajstić information content (AvgIpc) is 3.08. The van der Waals surface area contributed by atoms with E-state index in [1.54, 1.807) is 30.5 Å². The van der Waals surface area contributed by atoms with Gasteiger partial charge in [-0.1, -0.05) is 13.0 Å².